The minimum atomic E-state index is -4.71. The number of ether oxygens (including phenoxy) is 1. The zero-order chi connectivity index (χ0) is 11.6. The van der Waals surface area contributed by atoms with E-state index in [1.54, 1.807) is 6.07 Å². The van der Waals surface area contributed by atoms with Crippen molar-refractivity contribution in [2.75, 3.05) is 0 Å². The van der Waals surface area contributed by atoms with Crippen LogP contribution in [0.25, 0.3) is 11.1 Å². The van der Waals surface area contributed by atoms with Crippen molar-refractivity contribution in [2.24, 2.45) is 0 Å². The minimum Gasteiger partial charge on any atom is -0.460 e. The van der Waals surface area contributed by atoms with Gasteiger partial charge in [-0.2, -0.15) is 0 Å². The topological polar surface area (TPSA) is 22.4 Å². The van der Waals surface area contributed by atoms with Gasteiger partial charge >= 0.3 is 6.36 Å². The molecule has 16 heavy (non-hydrogen) atoms. The first-order valence-electron chi connectivity index (χ1n) is 4.36. The smallest absolute Gasteiger partial charge is 0.460 e. The van der Waals surface area contributed by atoms with Crippen LogP contribution in [0.2, 0.25) is 0 Å². The Morgan fingerprint density at radius 1 is 1.12 bits per heavy atom. The highest BCUT2D eigenvalue weighted by Crippen LogP contribution is 2.33. The molecule has 2 rings (SSSR count). The first kappa shape index (κ1) is 10.6. The number of para-hydroxylation sites is 1. The second-order valence-corrected chi connectivity index (χ2v) is 2.98. The van der Waals surface area contributed by atoms with Gasteiger partial charge in [-0.05, 0) is 12.1 Å². The average molecular weight is 227 g/mol. The van der Waals surface area contributed by atoms with E-state index in [0.717, 1.165) is 0 Å². The van der Waals surface area contributed by atoms with Gasteiger partial charge in [-0.3, -0.25) is 0 Å². The number of halogens is 3. The lowest BCUT2D eigenvalue weighted by atomic mass is 10.1. The Morgan fingerprint density at radius 3 is 2.50 bits per heavy atom. The Bertz CT molecular complexity index is 460. The summed E-state index contributed by atoms with van der Waals surface area (Å²) in [7, 11) is 0. The third kappa shape index (κ3) is 2.36. The summed E-state index contributed by atoms with van der Waals surface area (Å²) in [5.74, 6) is -0.271. The van der Waals surface area contributed by atoms with Crippen LogP contribution in [0.1, 0.15) is 0 Å². The number of hydrogen-bond acceptors (Lipinski definition) is 2. The summed E-state index contributed by atoms with van der Waals surface area (Å²) in [6.45, 7) is 0. The van der Waals surface area contributed by atoms with E-state index in [2.05, 4.69) is 11.0 Å². The standard InChI is InChI=1S/C11H6F3O2/c12-11(13,14)16-10-4-2-1-3-9(10)8-5-6-15-7-8/h1-6H. The fraction of sp³-hybridized carbons (Fsp3) is 0.0909. The third-order valence-electron chi connectivity index (χ3n) is 1.87. The molecule has 0 N–H and O–H groups in total. The molecule has 0 spiro atoms. The lowest BCUT2D eigenvalue weighted by Gasteiger charge is -2.11. The van der Waals surface area contributed by atoms with Gasteiger partial charge in [-0.15, -0.1) is 13.2 Å². The van der Waals surface area contributed by atoms with Gasteiger partial charge in [-0.25, -0.2) is 0 Å². The summed E-state index contributed by atoms with van der Waals surface area (Å²) in [5, 5.41) is 0. The molecule has 0 saturated heterocycles. The van der Waals surface area contributed by atoms with Crippen molar-refractivity contribution in [3.8, 4) is 16.9 Å². The van der Waals surface area contributed by atoms with E-state index in [4.69, 9.17) is 4.42 Å². The van der Waals surface area contributed by atoms with Crippen molar-refractivity contribution in [3.05, 3.63) is 42.9 Å². The fourth-order valence-electron chi connectivity index (χ4n) is 1.28. The van der Waals surface area contributed by atoms with Gasteiger partial charge in [0.25, 0.3) is 0 Å². The van der Waals surface area contributed by atoms with Gasteiger partial charge in [0.15, 0.2) is 6.26 Å². The normalized spacial score (nSPS) is 11.4. The van der Waals surface area contributed by atoms with E-state index in [9.17, 15) is 13.2 Å². The van der Waals surface area contributed by atoms with Gasteiger partial charge in [0.05, 0.1) is 6.26 Å². The van der Waals surface area contributed by atoms with Crippen LogP contribution in [-0.2, 0) is 0 Å². The van der Waals surface area contributed by atoms with Crippen molar-refractivity contribution in [3.63, 3.8) is 0 Å². The minimum absolute atomic E-state index is 0.271. The summed E-state index contributed by atoms with van der Waals surface area (Å²) < 4.78 is 44.9. The molecule has 0 saturated carbocycles. The van der Waals surface area contributed by atoms with Gasteiger partial charge in [-0.1, -0.05) is 18.2 Å². The summed E-state index contributed by atoms with van der Waals surface area (Å²) in [5.41, 5.74) is 0.702. The van der Waals surface area contributed by atoms with Gasteiger partial charge < -0.3 is 9.15 Å². The van der Waals surface area contributed by atoms with Crippen molar-refractivity contribution < 1.29 is 22.3 Å². The summed E-state index contributed by atoms with van der Waals surface area (Å²) >= 11 is 0. The van der Waals surface area contributed by atoms with Crippen LogP contribution in [0, 0.1) is 6.26 Å². The monoisotopic (exact) mass is 227 g/mol. The van der Waals surface area contributed by atoms with E-state index >= 15 is 0 Å². The lowest BCUT2D eigenvalue weighted by molar-refractivity contribution is -0.274. The highest BCUT2D eigenvalue weighted by molar-refractivity contribution is 5.68. The number of alkyl halides is 3. The number of hydrogen-bond donors (Lipinski definition) is 0. The molecule has 1 aromatic carbocycles. The molecule has 2 nitrogen and oxygen atoms in total. The Kier molecular flexibility index (Phi) is 2.60. The third-order valence-corrected chi connectivity index (χ3v) is 1.87. The fourth-order valence-corrected chi connectivity index (χ4v) is 1.28. The van der Waals surface area contributed by atoms with E-state index < -0.39 is 6.36 Å². The molecular formula is C11H6F3O2. The van der Waals surface area contributed by atoms with Crippen LogP contribution in [0.3, 0.4) is 0 Å². The molecule has 1 heterocycles. The van der Waals surface area contributed by atoms with Crippen LogP contribution in [0.15, 0.2) is 41.0 Å². The molecule has 1 aromatic heterocycles. The molecule has 0 fully saturated rings. The van der Waals surface area contributed by atoms with E-state index in [0.29, 0.717) is 5.56 Å². The molecule has 0 aliphatic carbocycles. The molecular weight excluding hydrogens is 221 g/mol. The van der Waals surface area contributed by atoms with Gasteiger partial charge in [0.1, 0.15) is 5.75 Å². The highest BCUT2D eigenvalue weighted by Gasteiger charge is 2.32. The van der Waals surface area contributed by atoms with Crippen molar-refractivity contribution in [1.29, 1.82) is 0 Å². The van der Waals surface area contributed by atoms with Crippen molar-refractivity contribution in [2.45, 2.75) is 6.36 Å². The highest BCUT2D eigenvalue weighted by atomic mass is 19.4. The van der Waals surface area contributed by atoms with Crippen molar-refractivity contribution >= 4 is 0 Å². The molecule has 5 heteroatoms. The van der Waals surface area contributed by atoms with E-state index in [1.807, 2.05) is 0 Å². The first-order chi connectivity index (χ1) is 7.56. The van der Waals surface area contributed by atoms with Crippen LogP contribution >= 0.6 is 0 Å². The molecule has 0 amide bonds. The zero-order valence-electron chi connectivity index (χ0n) is 7.91. The number of furan rings is 1. The zero-order valence-corrected chi connectivity index (χ0v) is 7.91. The maximum atomic E-state index is 12.1. The van der Waals surface area contributed by atoms with E-state index in [1.165, 1.54) is 30.5 Å². The van der Waals surface area contributed by atoms with Crippen LogP contribution < -0.4 is 4.74 Å². The van der Waals surface area contributed by atoms with Crippen molar-refractivity contribution in [1.82, 2.24) is 0 Å². The average Bonchev–Trinajstić information content (AvgIpc) is 2.69. The second-order valence-electron chi connectivity index (χ2n) is 2.98. The molecule has 0 unspecified atom stereocenters. The quantitative estimate of drug-likeness (QED) is 0.781. The van der Waals surface area contributed by atoms with Crippen LogP contribution in [-0.4, -0.2) is 6.36 Å². The maximum Gasteiger partial charge on any atom is 0.573 e. The Hall–Kier alpha value is -1.91. The Morgan fingerprint density at radius 2 is 1.88 bits per heavy atom. The second kappa shape index (κ2) is 3.92. The summed E-state index contributed by atoms with van der Waals surface area (Å²) in [6.07, 6.45) is -0.918. The first-order valence-corrected chi connectivity index (χ1v) is 4.36. The summed E-state index contributed by atoms with van der Waals surface area (Å²) in [6, 6.07) is 7.33. The van der Waals surface area contributed by atoms with Crippen LogP contribution in [0.4, 0.5) is 13.2 Å². The Labute approximate surface area is 89.3 Å². The largest absolute Gasteiger partial charge is 0.573 e. The van der Waals surface area contributed by atoms with Gasteiger partial charge in [0, 0.05) is 11.1 Å². The molecule has 1 radical (unpaired) electrons. The maximum absolute atomic E-state index is 12.1. The predicted octanol–water partition coefficient (Wildman–Crippen LogP) is 3.65. The number of benzene rings is 1. The predicted molar refractivity (Wildman–Crippen MR) is 49.7 cm³/mol. The molecule has 0 bridgehead atoms. The molecule has 0 aliphatic rings. The lowest BCUT2D eigenvalue weighted by Crippen LogP contribution is -2.17. The summed E-state index contributed by atoms with van der Waals surface area (Å²) in [4.78, 5) is 0. The molecule has 0 atom stereocenters. The van der Waals surface area contributed by atoms with E-state index in [-0.39, 0.29) is 11.3 Å². The Balaban J connectivity index is 2.39. The number of rotatable bonds is 2. The van der Waals surface area contributed by atoms with Gasteiger partial charge in [0.2, 0.25) is 0 Å². The molecule has 0 aliphatic heterocycles. The molecule has 83 valence electrons. The van der Waals surface area contributed by atoms with Crippen LogP contribution in [0.5, 0.6) is 5.75 Å². The SMILES string of the molecule is FC(F)(F)Oc1ccccc1-c1[c]occ1. The molecule has 2 aromatic rings.